The van der Waals surface area contributed by atoms with Crippen LogP contribution >= 0.6 is 0 Å². The molecule has 0 aliphatic rings. The molecule has 0 aromatic heterocycles. The van der Waals surface area contributed by atoms with E-state index in [1.54, 1.807) is 66.7 Å². The van der Waals surface area contributed by atoms with Crippen molar-refractivity contribution in [2.75, 3.05) is 36.9 Å². The van der Waals surface area contributed by atoms with Crippen molar-refractivity contribution in [1.29, 1.82) is 0 Å². The lowest BCUT2D eigenvalue weighted by atomic mass is 10.1. The highest BCUT2D eigenvalue weighted by Gasteiger charge is 2.13. The number of hydrogen-bond donors (Lipinski definition) is 6. The van der Waals surface area contributed by atoms with E-state index in [2.05, 4.69) is 21.3 Å². The van der Waals surface area contributed by atoms with Crippen molar-refractivity contribution in [3.05, 3.63) is 95.1 Å². The van der Waals surface area contributed by atoms with Gasteiger partial charge in [0.25, 0.3) is 23.6 Å². The number of rotatable bonds is 18. The average Bonchev–Trinajstić information content (AvgIpc) is 3.04. The smallest absolute Gasteiger partial charge is 0.255 e. The number of nitrogens with one attached hydrogen (secondary N) is 4. The minimum atomic E-state index is -0.400. The number of aliphatic hydroxyl groups excluding tert-OH is 2. The van der Waals surface area contributed by atoms with Crippen LogP contribution in [0.3, 0.4) is 0 Å². The maximum atomic E-state index is 12.9. The zero-order chi connectivity index (χ0) is 31.6. The summed E-state index contributed by atoms with van der Waals surface area (Å²) in [7, 11) is 0. The number of aliphatic hydroxyl groups is 2. The van der Waals surface area contributed by atoms with Crippen molar-refractivity contribution >= 4 is 35.0 Å². The Bertz CT molecular complexity index is 1260. The zero-order valence-electron chi connectivity index (χ0n) is 24.9. The van der Waals surface area contributed by atoms with Gasteiger partial charge in [0.15, 0.2) is 0 Å². The van der Waals surface area contributed by atoms with Gasteiger partial charge in [0.1, 0.15) is 0 Å². The maximum Gasteiger partial charge on any atom is 0.255 e. The van der Waals surface area contributed by atoms with Crippen LogP contribution in [0.5, 0.6) is 0 Å². The first kappa shape index (κ1) is 34.0. The van der Waals surface area contributed by atoms with Crippen LogP contribution in [0.1, 0.15) is 92.8 Å². The van der Waals surface area contributed by atoms with Crippen LogP contribution in [0.15, 0.2) is 72.8 Å². The molecule has 0 saturated heterocycles. The summed E-state index contributed by atoms with van der Waals surface area (Å²) in [6.45, 7) is 1.49. The second-order valence-electron chi connectivity index (χ2n) is 10.4. The highest BCUT2D eigenvalue weighted by atomic mass is 16.3. The molecular formula is C34H42N4O6. The predicted octanol–water partition coefficient (Wildman–Crippen LogP) is 4.76. The van der Waals surface area contributed by atoms with Crippen LogP contribution < -0.4 is 21.3 Å². The lowest BCUT2D eigenvalue weighted by molar-refractivity contribution is 0.0944. The second kappa shape index (κ2) is 18.9. The Kier molecular flexibility index (Phi) is 14.6. The van der Waals surface area contributed by atoms with Gasteiger partial charge in [-0.1, -0.05) is 31.7 Å². The molecule has 3 aromatic carbocycles. The number of unbranched alkanes of at least 4 members (excludes halogenated alkanes) is 6. The monoisotopic (exact) mass is 602 g/mol. The minimum Gasteiger partial charge on any atom is -0.396 e. The molecule has 0 radical (unpaired) electrons. The van der Waals surface area contributed by atoms with Gasteiger partial charge in [0, 0.05) is 59.9 Å². The molecule has 0 bridgehead atoms. The number of benzene rings is 3. The Balaban J connectivity index is 1.47. The first-order valence-corrected chi connectivity index (χ1v) is 15.1. The molecule has 6 N–H and O–H groups in total. The fraction of sp³-hybridized carbons (Fsp3) is 0.353. The normalized spacial score (nSPS) is 10.6. The van der Waals surface area contributed by atoms with Crippen LogP contribution in [-0.2, 0) is 0 Å². The largest absolute Gasteiger partial charge is 0.396 e. The molecule has 4 amide bonds. The molecule has 0 heterocycles. The molecule has 0 aliphatic carbocycles. The third-order valence-electron chi connectivity index (χ3n) is 6.94. The standard InChI is InChI=1S/C34H42N4O6/c39-22-7-3-1-5-20-35-31(41)25-12-16-29(17-13-25)37-33(43)27-10-9-11-28(24-27)34(44)38-30-18-14-26(15-19-30)32(42)36-21-6-2-4-8-23-40/h9-19,24,39-40H,1-8,20-23H2,(H,35,41)(H,36,42)(H,37,43)(H,38,44). The van der Waals surface area contributed by atoms with Gasteiger partial charge in [-0.3, -0.25) is 19.2 Å². The van der Waals surface area contributed by atoms with Gasteiger partial charge in [-0.15, -0.1) is 0 Å². The molecule has 0 atom stereocenters. The molecule has 3 rings (SSSR count). The second-order valence-corrected chi connectivity index (χ2v) is 10.4. The number of hydrogen-bond acceptors (Lipinski definition) is 6. The number of anilines is 2. The summed E-state index contributed by atoms with van der Waals surface area (Å²) in [5.41, 5.74) is 2.58. The Morgan fingerprint density at radius 1 is 0.455 bits per heavy atom. The number of carbonyl (C=O) groups excluding carboxylic acids is 4. The van der Waals surface area contributed by atoms with E-state index < -0.39 is 11.8 Å². The zero-order valence-corrected chi connectivity index (χ0v) is 24.9. The molecule has 0 fully saturated rings. The van der Waals surface area contributed by atoms with E-state index in [0.29, 0.717) is 46.7 Å². The molecule has 0 saturated carbocycles. The van der Waals surface area contributed by atoms with Gasteiger partial charge in [0.05, 0.1) is 0 Å². The van der Waals surface area contributed by atoms with Gasteiger partial charge in [0.2, 0.25) is 0 Å². The molecule has 10 heteroatoms. The van der Waals surface area contributed by atoms with E-state index in [1.807, 2.05) is 0 Å². The Hall–Kier alpha value is -4.54. The molecular weight excluding hydrogens is 560 g/mol. The van der Waals surface area contributed by atoms with E-state index >= 15 is 0 Å². The summed E-state index contributed by atoms with van der Waals surface area (Å²) >= 11 is 0. The minimum absolute atomic E-state index is 0.184. The third-order valence-corrected chi connectivity index (χ3v) is 6.94. The van der Waals surface area contributed by atoms with Crippen molar-refractivity contribution in [2.24, 2.45) is 0 Å². The molecule has 0 spiro atoms. The lowest BCUT2D eigenvalue weighted by Crippen LogP contribution is -2.24. The van der Waals surface area contributed by atoms with Crippen LogP contribution in [0.4, 0.5) is 11.4 Å². The number of amides is 4. The van der Waals surface area contributed by atoms with Crippen LogP contribution in [0.2, 0.25) is 0 Å². The van der Waals surface area contributed by atoms with Crippen LogP contribution in [-0.4, -0.2) is 60.1 Å². The summed E-state index contributed by atoms with van der Waals surface area (Å²) < 4.78 is 0. The lowest BCUT2D eigenvalue weighted by Gasteiger charge is -2.10. The predicted molar refractivity (Wildman–Crippen MR) is 171 cm³/mol. The first-order chi connectivity index (χ1) is 21.4. The molecule has 234 valence electrons. The maximum absolute atomic E-state index is 12.9. The van der Waals surface area contributed by atoms with E-state index in [4.69, 9.17) is 10.2 Å². The Morgan fingerprint density at radius 2 is 0.841 bits per heavy atom. The molecule has 0 unspecified atom stereocenters. The fourth-order valence-electron chi connectivity index (χ4n) is 4.41. The summed E-state index contributed by atoms with van der Waals surface area (Å²) in [5, 5.41) is 28.9. The van der Waals surface area contributed by atoms with E-state index in [0.717, 1.165) is 51.4 Å². The first-order valence-electron chi connectivity index (χ1n) is 15.1. The van der Waals surface area contributed by atoms with Gasteiger partial charge < -0.3 is 31.5 Å². The molecule has 3 aromatic rings. The quantitative estimate of drug-likeness (QED) is 0.115. The van der Waals surface area contributed by atoms with Crippen LogP contribution in [0, 0.1) is 0 Å². The van der Waals surface area contributed by atoms with Crippen molar-refractivity contribution in [2.45, 2.75) is 51.4 Å². The van der Waals surface area contributed by atoms with Crippen molar-refractivity contribution < 1.29 is 29.4 Å². The average molecular weight is 603 g/mol. The molecule has 0 aliphatic heterocycles. The van der Waals surface area contributed by atoms with E-state index in [-0.39, 0.29) is 25.0 Å². The molecule has 10 nitrogen and oxygen atoms in total. The summed E-state index contributed by atoms with van der Waals surface area (Å²) in [6.07, 6.45) is 6.96. The van der Waals surface area contributed by atoms with Crippen molar-refractivity contribution in [3.63, 3.8) is 0 Å². The van der Waals surface area contributed by atoms with Gasteiger partial charge in [-0.25, -0.2) is 0 Å². The summed E-state index contributed by atoms with van der Waals surface area (Å²) in [6, 6.07) is 19.5. The van der Waals surface area contributed by atoms with Gasteiger partial charge in [-0.05, 0) is 92.4 Å². The summed E-state index contributed by atoms with van der Waals surface area (Å²) in [4.78, 5) is 50.4. The Morgan fingerprint density at radius 3 is 1.23 bits per heavy atom. The summed E-state index contributed by atoms with van der Waals surface area (Å²) in [5.74, 6) is -1.18. The van der Waals surface area contributed by atoms with Crippen molar-refractivity contribution in [1.82, 2.24) is 10.6 Å². The highest BCUT2D eigenvalue weighted by molar-refractivity contribution is 6.09. The Labute approximate surface area is 258 Å². The van der Waals surface area contributed by atoms with E-state index in [9.17, 15) is 19.2 Å². The van der Waals surface area contributed by atoms with Crippen LogP contribution in [0.25, 0.3) is 0 Å². The fourth-order valence-corrected chi connectivity index (χ4v) is 4.41. The highest BCUT2D eigenvalue weighted by Crippen LogP contribution is 2.15. The van der Waals surface area contributed by atoms with E-state index in [1.165, 1.54) is 6.07 Å². The SMILES string of the molecule is O=C(NCCCCCCO)c1ccc(NC(=O)c2cccc(C(=O)Nc3ccc(C(=O)NCCCCCCO)cc3)c2)cc1. The van der Waals surface area contributed by atoms with Crippen molar-refractivity contribution in [3.8, 4) is 0 Å². The third kappa shape index (κ3) is 11.6. The van der Waals surface area contributed by atoms with Gasteiger partial charge in [-0.2, -0.15) is 0 Å². The number of carbonyl (C=O) groups is 4. The molecule has 44 heavy (non-hydrogen) atoms. The topological polar surface area (TPSA) is 157 Å². The van der Waals surface area contributed by atoms with Gasteiger partial charge >= 0.3 is 0 Å².